The summed E-state index contributed by atoms with van der Waals surface area (Å²) in [6.45, 7) is 5.14. The van der Waals surface area contributed by atoms with Crippen LogP contribution in [0.15, 0.2) is 12.3 Å². The second kappa shape index (κ2) is 6.97. The molecule has 1 rings (SSSR count). The van der Waals surface area contributed by atoms with Crippen molar-refractivity contribution in [1.29, 1.82) is 0 Å². The molecule has 3 N–H and O–H groups in total. The van der Waals surface area contributed by atoms with E-state index in [1.807, 2.05) is 0 Å². The van der Waals surface area contributed by atoms with Crippen molar-refractivity contribution in [2.75, 3.05) is 5.32 Å². The summed E-state index contributed by atoms with van der Waals surface area (Å²) < 4.78 is 18.1. The highest BCUT2D eigenvalue weighted by Gasteiger charge is 2.18. The van der Waals surface area contributed by atoms with Gasteiger partial charge in [-0.25, -0.2) is 9.37 Å². The van der Waals surface area contributed by atoms with E-state index < -0.39 is 29.2 Å². The predicted molar refractivity (Wildman–Crippen MR) is 76.4 cm³/mol. The van der Waals surface area contributed by atoms with Crippen molar-refractivity contribution < 1.29 is 23.5 Å². The summed E-state index contributed by atoms with van der Waals surface area (Å²) in [6.07, 6.45) is 0.554. The van der Waals surface area contributed by atoms with E-state index in [-0.39, 0.29) is 24.2 Å². The topological polar surface area (TPSA) is 111 Å². The van der Waals surface area contributed by atoms with Crippen LogP contribution in [-0.2, 0) is 14.3 Å². The fraction of sp³-hybridized carbons (Fsp3) is 0.429. The zero-order valence-corrected chi connectivity index (χ0v) is 12.6. The van der Waals surface area contributed by atoms with Gasteiger partial charge in [-0.05, 0) is 26.8 Å². The number of esters is 1. The Kier molecular flexibility index (Phi) is 5.56. The number of amides is 2. The lowest BCUT2D eigenvalue weighted by molar-refractivity contribution is -0.155. The molecule has 0 fully saturated rings. The van der Waals surface area contributed by atoms with E-state index in [2.05, 4.69) is 10.3 Å². The number of pyridine rings is 1. The van der Waals surface area contributed by atoms with Gasteiger partial charge in [-0.15, -0.1) is 0 Å². The lowest BCUT2D eigenvalue weighted by atomic mass is 10.2. The molecule has 120 valence electrons. The summed E-state index contributed by atoms with van der Waals surface area (Å²) in [5, 5.41) is 2.31. The normalized spacial score (nSPS) is 10.9. The number of carbonyl (C=O) groups is 3. The fourth-order valence-electron chi connectivity index (χ4n) is 1.53. The van der Waals surface area contributed by atoms with Crippen molar-refractivity contribution in [2.24, 2.45) is 5.73 Å². The summed E-state index contributed by atoms with van der Waals surface area (Å²) >= 11 is 0. The smallest absolute Gasteiger partial charge is 0.306 e. The summed E-state index contributed by atoms with van der Waals surface area (Å²) in [6, 6.07) is 0.874. The van der Waals surface area contributed by atoms with Gasteiger partial charge < -0.3 is 15.8 Å². The molecule has 0 spiro atoms. The maximum absolute atomic E-state index is 13.0. The minimum atomic E-state index is -0.922. The number of primary amides is 1. The number of halogens is 1. The van der Waals surface area contributed by atoms with Crippen LogP contribution < -0.4 is 11.1 Å². The molecule has 8 heteroatoms. The first-order valence-electron chi connectivity index (χ1n) is 6.55. The predicted octanol–water partition coefficient (Wildman–Crippen LogP) is 1.38. The molecule has 0 aliphatic rings. The van der Waals surface area contributed by atoms with Gasteiger partial charge >= 0.3 is 5.97 Å². The van der Waals surface area contributed by atoms with Crippen molar-refractivity contribution in [3.05, 3.63) is 23.6 Å². The number of anilines is 1. The van der Waals surface area contributed by atoms with Gasteiger partial charge in [-0.2, -0.15) is 0 Å². The molecule has 7 nitrogen and oxygen atoms in total. The Labute approximate surface area is 127 Å². The third-order valence-corrected chi connectivity index (χ3v) is 2.35. The molecule has 0 aliphatic carbocycles. The van der Waals surface area contributed by atoms with Crippen molar-refractivity contribution in [1.82, 2.24) is 4.98 Å². The van der Waals surface area contributed by atoms with Crippen molar-refractivity contribution >= 4 is 23.6 Å². The lowest BCUT2D eigenvalue weighted by Gasteiger charge is -2.19. The first-order chi connectivity index (χ1) is 10.1. The number of hydrogen-bond donors (Lipinski definition) is 2. The molecule has 0 aromatic carbocycles. The minimum Gasteiger partial charge on any atom is -0.460 e. The number of hydrogen-bond acceptors (Lipinski definition) is 5. The molecule has 0 unspecified atom stereocenters. The minimum absolute atomic E-state index is 0.129. The fourth-order valence-corrected chi connectivity index (χ4v) is 1.53. The zero-order chi connectivity index (χ0) is 16.9. The third kappa shape index (κ3) is 5.86. The van der Waals surface area contributed by atoms with Crippen LogP contribution in [0.3, 0.4) is 0 Å². The SMILES string of the molecule is CC(C)(C)OC(=O)CCC(=O)Nc1ncc(F)cc1C(N)=O. The monoisotopic (exact) mass is 311 g/mol. The first kappa shape index (κ1) is 17.5. The molecule has 2 amide bonds. The van der Waals surface area contributed by atoms with Gasteiger partial charge in [0.2, 0.25) is 5.91 Å². The zero-order valence-electron chi connectivity index (χ0n) is 12.6. The van der Waals surface area contributed by atoms with E-state index in [1.54, 1.807) is 20.8 Å². The Hall–Kier alpha value is -2.51. The Morgan fingerprint density at radius 1 is 1.32 bits per heavy atom. The molecule has 0 radical (unpaired) electrons. The van der Waals surface area contributed by atoms with Gasteiger partial charge in [0.05, 0.1) is 18.2 Å². The standard InChI is InChI=1S/C14H18FN3O4/c1-14(2,3)22-11(20)5-4-10(19)18-13-9(12(16)21)6-8(15)7-17-13/h6-7H,4-5H2,1-3H3,(H2,16,21)(H,17,18,19). The maximum Gasteiger partial charge on any atom is 0.306 e. The van der Waals surface area contributed by atoms with Crippen LogP contribution in [-0.4, -0.2) is 28.4 Å². The molecule has 0 aliphatic heterocycles. The summed E-state index contributed by atoms with van der Waals surface area (Å²) in [7, 11) is 0. The van der Waals surface area contributed by atoms with Crippen LogP contribution >= 0.6 is 0 Å². The van der Waals surface area contributed by atoms with Gasteiger partial charge in [0, 0.05) is 6.42 Å². The number of nitrogens with two attached hydrogens (primary N) is 1. The number of carbonyl (C=O) groups excluding carboxylic acids is 3. The number of aromatic nitrogens is 1. The Morgan fingerprint density at radius 3 is 2.50 bits per heavy atom. The Bertz CT molecular complexity index is 596. The van der Waals surface area contributed by atoms with Crippen LogP contribution in [0, 0.1) is 5.82 Å². The highest BCUT2D eigenvalue weighted by molar-refractivity contribution is 6.02. The van der Waals surface area contributed by atoms with Crippen LogP contribution in [0.25, 0.3) is 0 Å². The second-order valence-corrected chi connectivity index (χ2v) is 5.55. The second-order valence-electron chi connectivity index (χ2n) is 5.55. The maximum atomic E-state index is 13.0. The molecule has 1 aromatic rings. The highest BCUT2D eigenvalue weighted by atomic mass is 19.1. The summed E-state index contributed by atoms with van der Waals surface area (Å²) in [5.74, 6) is -2.91. The molecular weight excluding hydrogens is 293 g/mol. The highest BCUT2D eigenvalue weighted by Crippen LogP contribution is 2.14. The van der Waals surface area contributed by atoms with Crippen molar-refractivity contribution in [2.45, 2.75) is 39.2 Å². The van der Waals surface area contributed by atoms with E-state index in [9.17, 15) is 18.8 Å². The van der Waals surface area contributed by atoms with Crippen LogP contribution in [0.1, 0.15) is 44.0 Å². The number of ether oxygens (including phenoxy) is 1. The van der Waals surface area contributed by atoms with E-state index in [1.165, 1.54) is 0 Å². The molecule has 0 bridgehead atoms. The van der Waals surface area contributed by atoms with Crippen molar-refractivity contribution in [3.8, 4) is 0 Å². The number of nitrogens with zero attached hydrogens (tertiary/aromatic N) is 1. The van der Waals surface area contributed by atoms with Crippen molar-refractivity contribution in [3.63, 3.8) is 0 Å². The Morgan fingerprint density at radius 2 is 1.95 bits per heavy atom. The Balaban J connectivity index is 2.63. The van der Waals surface area contributed by atoms with Crippen LogP contribution in [0.5, 0.6) is 0 Å². The van der Waals surface area contributed by atoms with Gasteiger partial charge in [0.15, 0.2) is 0 Å². The van der Waals surface area contributed by atoms with E-state index >= 15 is 0 Å². The van der Waals surface area contributed by atoms with Crippen LogP contribution in [0.2, 0.25) is 0 Å². The number of rotatable bonds is 5. The van der Waals surface area contributed by atoms with Gasteiger partial charge in [-0.3, -0.25) is 14.4 Å². The van der Waals surface area contributed by atoms with Crippen LogP contribution in [0.4, 0.5) is 10.2 Å². The largest absolute Gasteiger partial charge is 0.460 e. The van der Waals surface area contributed by atoms with E-state index in [4.69, 9.17) is 10.5 Å². The van der Waals surface area contributed by atoms with Gasteiger partial charge in [-0.1, -0.05) is 0 Å². The molecule has 22 heavy (non-hydrogen) atoms. The van der Waals surface area contributed by atoms with Gasteiger partial charge in [0.25, 0.3) is 5.91 Å². The van der Waals surface area contributed by atoms with E-state index in [0.717, 1.165) is 12.3 Å². The van der Waals surface area contributed by atoms with Gasteiger partial charge in [0.1, 0.15) is 17.2 Å². The molecule has 1 heterocycles. The molecule has 1 aromatic heterocycles. The third-order valence-electron chi connectivity index (χ3n) is 2.35. The summed E-state index contributed by atoms with van der Waals surface area (Å²) in [4.78, 5) is 38.0. The molecule has 0 atom stereocenters. The molecule has 0 saturated carbocycles. The quantitative estimate of drug-likeness (QED) is 0.798. The summed E-state index contributed by atoms with van der Waals surface area (Å²) in [5.41, 5.74) is 4.20. The number of nitrogens with one attached hydrogen (secondary N) is 1. The lowest BCUT2D eigenvalue weighted by Crippen LogP contribution is -2.25. The molecule has 0 saturated heterocycles. The first-order valence-corrected chi connectivity index (χ1v) is 6.55. The average Bonchev–Trinajstić information content (AvgIpc) is 2.36. The molecular formula is C14H18FN3O4. The van der Waals surface area contributed by atoms with E-state index in [0.29, 0.717) is 0 Å². The average molecular weight is 311 g/mol.